The highest BCUT2D eigenvalue weighted by Crippen LogP contribution is 2.33. The lowest BCUT2D eigenvalue weighted by molar-refractivity contribution is -0.178. The molecule has 0 aliphatic carbocycles. The number of likely N-dealkylation sites (tertiary alicyclic amines) is 2. The van der Waals surface area contributed by atoms with Gasteiger partial charge in [0.2, 0.25) is 5.88 Å². The Balaban J connectivity index is 1.34. The van der Waals surface area contributed by atoms with Crippen LogP contribution in [0.4, 0.5) is 37.0 Å². The second kappa shape index (κ2) is 12.8. The van der Waals surface area contributed by atoms with Gasteiger partial charge in [0.1, 0.15) is 30.2 Å². The molecule has 12 nitrogen and oxygen atoms in total. The van der Waals surface area contributed by atoms with Crippen LogP contribution < -0.4 is 15.8 Å². The minimum atomic E-state index is -4.56. The van der Waals surface area contributed by atoms with Crippen LogP contribution in [0, 0.1) is 5.92 Å². The molecule has 0 aromatic carbocycles. The maximum Gasteiger partial charge on any atom is 0.409 e. The predicted octanol–water partition coefficient (Wildman–Crippen LogP) is 3.70. The van der Waals surface area contributed by atoms with E-state index in [4.69, 9.17) is 15.2 Å². The number of nitrogen functional groups attached to an aromatic ring is 1. The second-order valence-corrected chi connectivity index (χ2v) is 11.4. The van der Waals surface area contributed by atoms with E-state index in [9.17, 15) is 35.9 Å². The number of methoxy groups -OCH3 is 1. The predicted molar refractivity (Wildman–Crippen MR) is 151 cm³/mol. The van der Waals surface area contributed by atoms with Crippen molar-refractivity contribution in [1.29, 1.82) is 0 Å². The molecule has 2 aliphatic heterocycles. The Morgan fingerprint density at radius 2 is 1.89 bits per heavy atom. The number of anilines is 1. The number of ether oxygens (including phenoxy) is 2. The summed E-state index contributed by atoms with van der Waals surface area (Å²) in [6.07, 6.45) is -5.30. The van der Waals surface area contributed by atoms with Crippen molar-refractivity contribution < 1.29 is 45.4 Å². The van der Waals surface area contributed by atoms with Gasteiger partial charge >= 0.3 is 12.3 Å². The first-order valence-corrected chi connectivity index (χ1v) is 14.4. The van der Waals surface area contributed by atoms with Gasteiger partial charge in [-0.3, -0.25) is 9.69 Å². The number of nitrogens with zero attached hydrogens (tertiary/aromatic N) is 6. The van der Waals surface area contributed by atoms with Crippen LogP contribution in [0.2, 0.25) is 0 Å². The Bertz CT molecular complexity index is 1590. The molecular formula is C28H32F6N8O4. The van der Waals surface area contributed by atoms with Gasteiger partial charge in [0.15, 0.2) is 5.82 Å². The average molecular weight is 659 g/mol. The quantitative estimate of drug-likeness (QED) is 0.347. The summed E-state index contributed by atoms with van der Waals surface area (Å²) in [4.78, 5) is 36.7. The molecule has 2 fully saturated rings. The zero-order valence-electron chi connectivity index (χ0n) is 24.9. The van der Waals surface area contributed by atoms with Gasteiger partial charge in [-0.2, -0.15) is 18.3 Å². The van der Waals surface area contributed by atoms with E-state index < -0.39 is 55.4 Å². The summed E-state index contributed by atoms with van der Waals surface area (Å²) in [5.74, 6) is -5.34. The number of carbonyl (C=O) groups excluding carboxylic acids is 2. The van der Waals surface area contributed by atoms with Gasteiger partial charge in [-0.25, -0.2) is 32.4 Å². The van der Waals surface area contributed by atoms with Gasteiger partial charge in [-0.05, 0) is 17.7 Å². The van der Waals surface area contributed by atoms with Crippen molar-refractivity contribution in [2.75, 3.05) is 45.6 Å². The first-order valence-electron chi connectivity index (χ1n) is 14.4. The summed E-state index contributed by atoms with van der Waals surface area (Å²) in [6, 6.07) is 1.99. The summed E-state index contributed by atoms with van der Waals surface area (Å²) >= 11 is 0. The van der Waals surface area contributed by atoms with Crippen molar-refractivity contribution >= 4 is 23.3 Å². The van der Waals surface area contributed by atoms with Crippen molar-refractivity contribution in [2.24, 2.45) is 5.92 Å². The average Bonchev–Trinajstić information content (AvgIpc) is 3.56. The number of alkyl halides is 6. The number of hydrogen-bond donors (Lipinski definition) is 2. The number of rotatable bonds is 8. The van der Waals surface area contributed by atoms with Gasteiger partial charge in [-0.1, -0.05) is 6.92 Å². The molecule has 0 radical (unpaired) electrons. The first-order chi connectivity index (χ1) is 21.7. The van der Waals surface area contributed by atoms with E-state index in [0.29, 0.717) is 28.9 Å². The normalized spacial score (nSPS) is 20.9. The molecule has 3 aromatic rings. The number of amides is 2. The van der Waals surface area contributed by atoms with Crippen LogP contribution in [-0.4, -0.2) is 106 Å². The Kier molecular flexibility index (Phi) is 9.19. The van der Waals surface area contributed by atoms with Gasteiger partial charge in [0.05, 0.1) is 31.3 Å². The third-order valence-electron chi connectivity index (χ3n) is 8.07. The maximum atomic E-state index is 14.9. The number of nitrogens with two attached hydrogens (primary N) is 1. The van der Waals surface area contributed by atoms with Crippen molar-refractivity contribution in [2.45, 2.75) is 50.6 Å². The molecule has 3 atom stereocenters. The number of aromatic nitrogens is 4. The van der Waals surface area contributed by atoms with Gasteiger partial charge in [0, 0.05) is 50.8 Å². The zero-order valence-corrected chi connectivity index (χ0v) is 24.9. The summed E-state index contributed by atoms with van der Waals surface area (Å²) < 4.78 is 92.0. The van der Waals surface area contributed by atoms with Crippen LogP contribution in [0.15, 0.2) is 24.7 Å². The lowest BCUT2D eigenvalue weighted by Gasteiger charge is -2.31. The number of nitrogens with one attached hydrogen (secondary N) is 1. The molecule has 0 bridgehead atoms. The van der Waals surface area contributed by atoms with E-state index in [1.165, 1.54) is 30.2 Å². The lowest BCUT2D eigenvalue weighted by Crippen LogP contribution is -2.42. The molecule has 18 heteroatoms. The van der Waals surface area contributed by atoms with E-state index in [1.807, 2.05) is 4.90 Å². The molecule has 3 aromatic heterocycles. The van der Waals surface area contributed by atoms with Crippen LogP contribution in [0.25, 0.3) is 16.8 Å². The van der Waals surface area contributed by atoms with E-state index in [2.05, 4.69) is 20.4 Å². The molecule has 46 heavy (non-hydrogen) atoms. The fourth-order valence-electron chi connectivity index (χ4n) is 5.35. The number of pyridine rings is 1. The topological polar surface area (TPSA) is 140 Å². The van der Waals surface area contributed by atoms with Crippen molar-refractivity contribution in [3.8, 4) is 17.1 Å². The van der Waals surface area contributed by atoms with E-state index in [1.54, 1.807) is 6.07 Å². The molecule has 0 spiro atoms. The molecule has 0 saturated carbocycles. The highest BCUT2D eigenvalue weighted by atomic mass is 19.4. The lowest BCUT2D eigenvalue weighted by atomic mass is 10.1. The second-order valence-electron chi connectivity index (χ2n) is 11.4. The van der Waals surface area contributed by atoms with Crippen LogP contribution in [0.1, 0.15) is 35.7 Å². The van der Waals surface area contributed by atoms with Crippen LogP contribution in [0.3, 0.4) is 0 Å². The Labute approximate surface area is 258 Å². The van der Waals surface area contributed by atoms with Gasteiger partial charge in [-0.15, -0.1) is 0 Å². The van der Waals surface area contributed by atoms with Crippen LogP contribution >= 0.6 is 0 Å². The van der Waals surface area contributed by atoms with Crippen LogP contribution in [0.5, 0.6) is 5.88 Å². The minimum Gasteiger partial charge on any atom is -0.480 e. The molecule has 1 unspecified atom stereocenters. The first kappa shape index (κ1) is 33.0. The van der Waals surface area contributed by atoms with E-state index in [-0.39, 0.29) is 49.7 Å². The standard InChI is InChI=1S/C28H32F6N8O4/c1-15(28(32,33)34)13-46-26(44)41-11-19(29)20(12-41)39-24(43)18-7-16(9-36-25(18)45-2)21-8-17(22-23(35)37-14-38-42(21)22)10-40-5-3-27(30,31)4-6-40/h7-9,14-15,19-20H,3-6,10-13H2,1-2H3,(H,39,43)(H2,35,37,38)/t15?,19-,20+/m0/s1. The van der Waals surface area contributed by atoms with Crippen molar-refractivity contribution in [3.05, 3.63) is 35.8 Å². The molecule has 2 amide bonds. The van der Waals surface area contributed by atoms with E-state index >= 15 is 0 Å². The largest absolute Gasteiger partial charge is 0.480 e. The van der Waals surface area contributed by atoms with Gasteiger partial charge in [0.25, 0.3) is 11.8 Å². The molecule has 2 saturated heterocycles. The van der Waals surface area contributed by atoms with Gasteiger partial charge < -0.3 is 25.4 Å². The third-order valence-corrected chi connectivity index (χ3v) is 8.07. The maximum absolute atomic E-state index is 14.9. The smallest absolute Gasteiger partial charge is 0.409 e. The summed E-state index contributed by atoms with van der Waals surface area (Å²) in [6.45, 7) is -0.252. The Morgan fingerprint density at radius 1 is 1.17 bits per heavy atom. The zero-order chi connectivity index (χ0) is 33.4. The number of fused-ring (bicyclic) bond motifs is 1. The third kappa shape index (κ3) is 7.05. The molecule has 5 rings (SSSR count). The fourth-order valence-corrected chi connectivity index (χ4v) is 5.35. The molecule has 5 heterocycles. The molecule has 250 valence electrons. The monoisotopic (exact) mass is 658 g/mol. The fraction of sp³-hybridized carbons (Fsp3) is 0.536. The highest BCUT2D eigenvalue weighted by Gasteiger charge is 2.40. The Morgan fingerprint density at radius 3 is 2.57 bits per heavy atom. The number of carbonyl (C=O) groups is 2. The summed E-state index contributed by atoms with van der Waals surface area (Å²) in [5.41, 5.74) is 8.07. The highest BCUT2D eigenvalue weighted by molar-refractivity contribution is 5.98. The molecule has 2 aliphatic rings. The Hall–Kier alpha value is -4.35. The molecular weight excluding hydrogens is 626 g/mol. The number of hydrogen-bond acceptors (Lipinski definition) is 9. The van der Waals surface area contributed by atoms with Crippen molar-refractivity contribution in [1.82, 2.24) is 34.7 Å². The SMILES string of the molecule is COc1ncc(-c2cc(CN3CCC(F)(F)CC3)c3c(N)ncnn23)cc1C(=O)N[C@@H]1CN(C(=O)OCC(C)C(F)(F)F)C[C@@H]1F. The number of halogens is 6. The van der Waals surface area contributed by atoms with E-state index in [0.717, 1.165) is 11.8 Å². The summed E-state index contributed by atoms with van der Waals surface area (Å²) in [5, 5.41) is 6.80. The summed E-state index contributed by atoms with van der Waals surface area (Å²) in [7, 11) is 1.28. The number of piperidine rings is 1. The minimum absolute atomic E-state index is 0.0796. The van der Waals surface area contributed by atoms with Crippen molar-refractivity contribution in [3.63, 3.8) is 0 Å². The molecule has 3 N–H and O–H groups in total. The van der Waals surface area contributed by atoms with Crippen LogP contribution in [-0.2, 0) is 11.3 Å².